The largest absolute Gasteiger partial charge is 0.481 e. The van der Waals surface area contributed by atoms with Crippen LogP contribution in [0, 0.1) is 0 Å². The minimum atomic E-state index is -3.17. The Balaban J connectivity index is 2.80. The molecule has 1 N–H and O–H groups in total. The fraction of sp³-hybridized carbons (Fsp3) is 0.462. The number of rotatable bonds is 7. The summed E-state index contributed by atoms with van der Waals surface area (Å²) in [5, 5.41) is 9.71. The molecule has 1 aromatic rings. The highest BCUT2D eigenvalue weighted by Gasteiger charge is 2.22. The molecule has 0 amide bonds. The molecule has 0 saturated carbocycles. The van der Waals surface area contributed by atoms with Gasteiger partial charge in [0.25, 0.3) is 0 Å². The van der Waals surface area contributed by atoms with Crippen LogP contribution >= 0.6 is 11.6 Å². The molecule has 1 rings (SSSR count). The van der Waals surface area contributed by atoms with Gasteiger partial charge in [-0.2, -0.15) is 0 Å². The number of carboxylic acids is 1. The molecule has 106 valence electrons. The third-order valence-corrected chi connectivity index (χ3v) is 4.94. The van der Waals surface area contributed by atoms with E-state index in [4.69, 9.17) is 11.6 Å². The molecule has 0 radical (unpaired) electrons. The molecule has 0 saturated heterocycles. The third-order valence-electron chi connectivity index (χ3n) is 2.80. The van der Waals surface area contributed by atoms with Gasteiger partial charge < -0.3 is 5.11 Å². The summed E-state index contributed by atoms with van der Waals surface area (Å²) in [5.74, 6) is -1.85. The van der Waals surface area contributed by atoms with E-state index in [2.05, 4.69) is 0 Å². The molecule has 0 spiro atoms. The number of benzene rings is 1. The highest BCUT2D eigenvalue weighted by atomic mass is 35.5. The predicted molar refractivity (Wildman–Crippen MR) is 75.4 cm³/mol. The van der Waals surface area contributed by atoms with Crippen molar-refractivity contribution in [2.45, 2.75) is 25.7 Å². The summed E-state index contributed by atoms with van der Waals surface area (Å²) >= 11 is 5.74. The second-order valence-electron chi connectivity index (χ2n) is 4.38. The van der Waals surface area contributed by atoms with Gasteiger partial charge in [0.1, 0.15) is 9.84 Å². The molecule has 0 aliphatic rings. The Morgan fingerprint density at radius 2 is 1.84 bits per heavy atom. The van der Waals surface area contributed by atoms with Gasteiger partial charge in [-0.3, -0.25) is 4.79 Å². The first-order valence-corrected chi connectivity index (χ1v) is 8.24. The van der Waals surface area contributed by atoms with Crippen molar-refractivity contribution in [1.29, 1.82) is 0 Å². The average molecular weight is 305 g/mol. The van der Waals surface area contributed by atoms with Gasteiger partial charge in [0.05, 0.1) is 11.7 Å². The number of hydrogen-bond acceptors (Lipinski definition) is 3. The minimum Gasteiger partial charge on any atom is -0.481 e. The zero-order valence-electron chi connectivity index (χ0n) is 10.7. The van der Waals surface area contributed by atoms with Crippen molar-refractivity contribution >= 4 is 27.4 Å². The Morgan fingerprint density at radius 3 is 2.32 bits per heavy atom. The van der Waals surface area contributed by atoms with Crippen LogP contribution in [0.15, 0.2) is 24.3 Å². The summed E-state index contributed by atoms with van der Waals surface area (Å²) in [5.41, 5.74) is 0.573. The van der Waals surface area contributed by atoms with Crippen molar-refractivity contribution < 1.29 is 18.3 Å². The molecular weight excluding hydrogens is 288 g/mol. The molecule has 0 fully saturated rings. The van der Waals surface area contributed by atoms with Gasteiger partial charge in [-0.1, -0.05) is 30.7 Å². The van der Waals surface area contributed by atoms with Gasteiger partial charge in [-0.25, -0.2) is 8.42 Å². The van der Waals surface area contributed by atoms with E-state index >= 15 is 0 Å². The maximum absolute atomic E-state index is 11.6. The molecule has 6 heteroatoms. The second kappa shape index (κ2) is 6.91. The summed E-state index contributed by atoms with van der Waals surface area (Å²) in [6, 6.07) is 6.45. The third kappa shape index (κ3) is 5.20. The van der Waals surface area contributed by atoms with Crippen LogP contribution in [0.1, 0.15) is 31.2 Å². The number of halogens is 1. The van der Waals surface area contributed by atoms with Crippen LogP contribution in [0.2, 0.25) is 5.02 Å². The maximum Gasteiger partial charge on any atom is 0.311 e. The molecule has 0 aliphatic heterocycles. The molecule has 1 aromatic carbocycles. The smallest absolute Gasteiger partial charge is 0.311 e. The molecule has 1 unspecified atom stereocenters. The number of hydrogen-bond donors (Lipinski definition) is 1. The van der Waals surface area contributed by atoms with E-state index in [9.17, 15) is 18.3 Å². The van der Waals surface area contributed by atoms with E-state index in [0.29, 0.717) is 17.0 Å². The van der Waals surface area contributed by atoms with Crippen molar-refractivity contribution in [3.05, 3.63) is 34.9 Å². The Kier molecular flexibility index (Phi) is 5.82. The van der Waals surface area contributed by atoms with E-state index in [0.717, 1.165) is 0 Å². The van der Waals surface area contributed by atoms with Crippen molar-refractivity contribution in [2.24, 2.45) is 0 Å². The molecule has 0 aromatic heterocycles. The topological polar surface area (TPSA) is 71.4 Å². The summed E-state index contributed by atoms with van der Waals surface area (Å²) in [7, 11) is -3.17. The van der Waals surface area contributed by atoms with Gasteiger partial charge in [0.15, 0.2) is 0 Å². The molecule has 0 heterocycles. The lowest BCUT2D eigenvalue weighted by atomic mass is 9.97. The van der Waals surface area contributed by atoms with Crippen molar-refractivity contribution in [2.75, 3.05) is 11.5 Å². The summed E-state index contributed by atoms with van der Waals surface area (Å²) in [6.45, 7) is 1.78. The quantitative estimate of drug-likeness (QED) is 0.840. The van der Waals surface area contributed by atoms with E-state index in [1.807, 2.05) is 0 Å². The zero-order chi connectivity index (χ0) is 14.5. The number of carboxylic acid groups (broad SMARTS) is 1. The van der Waals surface area contributed by atoms with Gasteiger partial charge >= 0.3 is 5.97 Å². The predicted octanol–water partition coefficient (Wildman–Crippen LogP) is 2.72. The van der Waals surface area contributed by atoms with Crippen LogP contribution in [0.5, 0.6) is 0 Å². The Morgan fingerprint density at radius 1 is 1.26 bits per heavy atom. The fourth-order valence-corrected chi connectivity index (χ4v) is 3.39. The summed E-state index contributed by atoms with van der Waals surface area (Å²) < 4.78 is 23.3. The molecule has 4 nitrogen and oxygen atoms in total. The lowest BCUT2D eigenvalue weighted by Crippen LogP contribution is -2.18. The van der Waals surface area contributed by atoms with Crippen molar-refractivity contribution in [3.8, 4) is 0 Å². The SMILES string of the molecule is CCCS(=O)(=O)CCC(C(=O)O)c1ccc(Cl)cc1. The maximum atomic E-state index is 11.6. The first kappa shape index (κ1) is 16.0. The summed E-state index contributed by atoms with van der Waals surface area (Å²) in [6.07, 6.45) is 0.625. The lowest BCUT2D eigenvalue weighted by molar-refractivity contribution is -0.138. The lowest BCUT2D eigenvalue weighted by Gasteiger charge is -2.12. The van der Waals surface area contributed by atoms with Crippen LogP contribution in [-0.2, 0) is 14.6 Å². The monoisotopic (exact) mass is 304 g/mol. The number of aliphatic carboxylic acids is 1. The molecule has 19 heavy (non-hydrogen) atoms. The first-order valence-electron chi connectivity index (χ1n) is 6.04. The van der Waals surface area contributed by atoms with Crippen molar-refractivity contribution in [3.63, 3.8) is 0 Å². The highest BCUT2D eigenvalue weighted by molar-refractivity contribution is 7.91. The molecule has 1 atom stereocenters. The van der Waals surface area contributed by atoms with Crippen LogP contribution in [0.4, 0.5) is 0 Å². The van der Waals surface area contributed by atoms with Crippen LogP contribution < -0.4 is 0 Å². The van der Waals surface area contributed by atoms with E-state index in [1.54, 1.807) is 31.2 Å². The van der Waals surface area contributed by atoms with Crippen LogP contribution in [-0.4, -0.2) is 31.0 Å². The van der Waals surface area contributed by atoms with Gasteiger partial charge in [-0.15, -0.1) is 0 Å². The standard InChI is InChI=1S/C13H17ClO4S/c1-2-8-19(17,18)9-7-12(13(15)16)10-3-5-11(14)6-4-10/h3-6,12H,2,7-9H2,1H3,(H,15,16). The number of sulfone groups is 1. The Hall–Kier alpha value is -1.07. The Labute approximate surface area is 118 Å². The normalized spacial score (nSPS) is 13.2. The number of carbonyl (C=O) groups is 1. The van der Waals surface area contributed by atoms with Gasteiger partial charge in [0.2, 0.25) is 0 Å². The first-order chi connectivity index (χ1) is 8.85. The van der Waals surface area contributed by atoms with E-state index < -0.39 is 21.7 Å². The minimum absolute atomic E-state index is 0.0826. The highest BCUT2D eigenvalue weighted by Crippen LogP contribution is 2.23. The van der Waals surface area contributed by atoms with Crippen molar-refractivity contribution in [1.82, 2.24) is 0 Å². The molecule has 0 bridgehead atoms. The van der Waals surface area contributed by atoms with Crippen LogP contribution in [0.3, 0.4) is 0 Å². The van der Waals surface area contributed by atoms with E-state index in [-0.39, 0.29) is 17.9 Å². The molecule has 0 aliphatic carbocycles. The summed E-state index contributed by atoms with van der Waals surface area (Å²) in [4.78, 5) is 11.2. The Bertz CT molecular complexity index is 522. The van der Waals surface area contributed by atoms with Crippen LogP contribution in [0.25, 0.3) is 0 Å². The second-order valence-corrected chi connectivity index (χ2v) is 7.12. The van der Waals surface area contributed by atoms with E-state index in [1.165, 1.54) is 0 Å². The zero-order valence-corrected chi connectivity index (χ0v) is 12.2. The average Bonchev–Trinajstić information content (AvgIpc) is 2.31. The van der Waals surface area contributed by atoms with Gasteiger partial charge in [0, 0.05) is 10.8 Å². The molecular formula is C13H17ClO4S. The fourth-order valence-electron chi connectivity index (χ4n) is 1.84. The van der Waals surface area contributed by atoms with Gasteiger partial charge in [-0.05, 0) is 30.5 Å².